The average Bonchev–Trinajstić information content (AvgIpc) is 3.39. The molecule has 9 nitrogen and oxygen atoms in total. The highest BCUT2D eigenvalue weighted by Crippen LogP contribution is 2.15. The van der Waals surface area contributed by atoms with Gasteiger partial charge in [-0.2, -0.15) is 5.10 Å². The first-order valence-corrected chi connectivity index (χ1v) is 8.52. The van der Waals surface area contributed by atoms with Crippen LogP contribution in [0.5, 0.6) is 0 Å². The van der Waals surface area contributed by atoms with Crippen LogP contribution in [0.4, 0.5) is 5.69 Å². The first kappa shape index (κ1) is 16.4. The van der Waals surface area contributed by atoms with Crippen molar-refractivity contribution in [1.82, 2.24) is 29.8 Å². The highest BCUT2D eigenvalue weighted by molar-refractivity contribution is 6.02. The Kier molecular flexibility index (Phi) is 4.69. The number of carbonyl (C=O) groups excluding carboxylic acids is 1. The van der Waals surface area contributed by atoms with E-state index in [1.165, 1.54) is 0 Å². The van der Waals surface area contributed by atoms with Crippen molar-refractivity contribution in [3.63, 3.8) is 0 Å². The van der Waals surface area contributed by atoms with Crippen molar-refractivity contribution in [1.29, 1.82) is 0 Å². The molecule has 134 valence electrons. The average molecular weight is 353 g/mol. The fraction of sp³-hybridized carbons (Fsp3) is 0.353. The summed E-state index contributed by atoms with van der Waals surface area (Å²) in [4.78, 5) is 16.6. The number of pyridine rings is 1. The summed E-state index contributed by atoms with van der Waals surface area (Å²) in [6, 6.07) is 5.65. The van der Waals surface area contributed by atoms with Gasteiger partial charge in [-0.3, -0.25) is 14.5 Å². The Morgan fingerprint density at radius 3 is 3.08 bits per heavy atom. The van der Waals surface area contributed by atoms with Crippen LogP contribution in [-0.2, 0) is 17.8 Å². The maximum absolute atomic E-state index is 12.3. The lowest BCUT2D eigenvalue weighted by Gasteiger charge is -2.08. The maximum atomic E-state index is 12.3. The first-order valence-electron chi connectivity index (χ1n) is 8.52. The summed E-state index contributed by atoms with van der Waals surface area (Å²) in [7, 11) is 0. The van der Waals surface area contributed by atoms with Crippen molar-refractivity contribution in [3.8, 4) is 0 Å². The third-order valence-electron chi connectivity index (χ3n) is 4.13. The smallest absolute Gasteiger partial charge is 0.277 e. The summed E-state index contributed by atoms with van der Waals surface area (Å²) >= 11 is 0. The lowest BCUT2D eigenvalue weighted by Crippen LogP contribution is -2.15. The number of ether oxygens (including phenoxy) is 1. The highest BCUT2D eigenvalue weighted by Gasteiger charge is 2.17. The van der Waals surface area contributed by atoms with Crippen molar-refractivity contribution in [2.24, 2.45) is 0 Å². The number of carbonyl (C=O) groups is 1. The zero-order valence-corrected chi connectivity index (χ0v) is 14.2. The Hall–Kier alpha value is -3.07. The molecule has 4 rings (SSSR count). The fourth-order valence-electron chi connectivity index (χ4n) is 2.86. The van der Waals surface area contributed by atoms with Crippen LogP contribution in [0, 0.1) is 0 Å². The molecule has 4 heterocycles. The second-order valence-corrected chi connectivity index (χ2v) is 6.16. The standard InChI is InChI=1S/C17H19N7O2/c25-17(16-12-24(22-21-16)9-13-4-1-2-6-18-13)20-14-8-19-23(10-14)11-15-5-3-7-26-15/h1-2,4,6,8,10,12,15H,3,5,7,9,11H2,(H,20,25). The van der Waals surface area contributed by atoms with Crippen molar-refractivity contribution >= 4 is 11.6 Å². The molecule has 3 aromatic heterocycles. The van der Waals surface area contributed by atoms with Crippen molar-refractivity contribution in [2.75, 3.05) is 11.9 Å². The monoisotopic (exact) mass is 353 g/mol. The van der Waals surface area contributed by atoms with E-state index in [0.29, 0.717) is 18.8 Å². The van der Waals surface area contributed by atoms with Gasteiger partial charge in [0, 0.05) is 19.0 Å². The Balaban J connectivity index is 1.35. The van der Waals surface area contributed by atoms with E-state index in [0.717, 1.165) is 25.1 Å². The van der Waals surface area contributed by atoms with Crippen molar-refractivity contribution in [2.45, 2.75) is 32.0 Å². The molecule has 9 heteroatoms. The highest BCUT2D eigenvalue weighted by atomic mass is 16.5. The lowest BCUT2D eigenvalue weighted by molar-refractivity contribution is 0.0940. The molecule has 0 spiro atoms. The summed E-state index contributed by atoms with van der Waals surface area (Å²) in [6.07, 6.45) is 9.05. The van der Waals surface area contributed by atoms with Gasteiger partial charge < -0.3 is 10.1 Å². The molecule has 1 aliphatic rings. The molecule has 1 unspecified atom stereocenters. The van der Waals surface area contributed by atoms with Gasteiger partial charge >= 0.3 is 0 Å². The van der Waals surface area contributed by atoms with E-state index in [4.69, 9.17) is 4.74 Å². The normalized spacial score (nSPS) is 16.7. The fourth-order valence-corrected chi connectivity index (χ4v) is 2.86. The minimum atomic E-state index is -0.325. The molecule has 0 saturated carbocycles. The molecule has 3 aromatic rings. The zero-order chi connectivity index (χ0) is 17.8. The summed E-state index contributed by atoms with van der Waals surface area (Å²) in [6.45, 7) is 1.96. The number of rotatable bonds is 6. The van der Waals surface area contributed by atoms with Gasteiger partial charge in [-0.1, -0.05) is 11.3 Å². The number of hydrogen-bond donors (Lipinski definition) is 1. The quantitative estimate of drug-likeness (QED) is 0.718. The largest absolute Gasteiger partial charge is 0.376 e. The van der Waals surface area contributed by atoms with Gasteiger partial charge in [0.25, 0.3) is 5.91 Å². The second kappa shape index (κ2) is 7.44. The second-order valence-electron chi connectivity index (χ2n) is 6.16. The van der Waals surface area contributed by atoms with Crippen LogP contribution in [0.2, 0.25) is 0 Å². The van der Waals surface area contributed by atoms with Gasteiger partial charge in [-0.15, -0.1) is 5.10 Å². The number of anilines is 1. The molecule has 1 fully saturated rings. The minimum Gasteiger partial charge on any atom is -0.376 e. The summed E-state index contributed by atoms with van der Waals surface area (Å²) in [5, 5.41) is 14.9. The van der Waals surface area contributed by atoms with E-state index in [9.17, 15) is 4.79 Å². The lowest BCUT2D eigenvalue weighted by atomic mass is 10.2. The van der Waals surface area contributed by atoms with Gasteiger partial charge in [-0.25, -0.2) is 4.68 Å². The molecule has 0 aliphatic carbocycles. The van der Waals surface area contributed by atoms with Crippen molar-refractivity contribution in [3.05, 3.63) is 54.4 Å². The van der Waals surface area contributed by atoms with E-state index >= 15 is 0 Å². The summed E-state index contributed by atoms with van der Waals surface area (Å²) in [5.41, 5.74) is 1.71. The predicted molar refractivity (Wildman–Crippen MR) is 92.5 cm³/mol. The molecule has 1 N–H and O–H groups in total. The van der Waals surface area contributed by atoms with Gasteiger partial charge in [0.1, 0.15) is 0 Å². The molecule has 26 heavy (non-hydrogen) atoms. The Bertz CT molecular complexity index is 868. The number of nitrogens with one attached hydrogen (secondary N) is 1. The molecular formula is C17H19N7O2. The van der Waals surface area contributed by atoms with E-state index in [1.54, 1.807) is 34.2 Å². The Morgan fingerprint density at radius 2 is 2.27 bits per heavy atom. The van der Waals surface area contributed by atoms with E-state index < -0.39 is 0 Å². The Morgan fingerprint density at radius 1 is 1.31 bits per heavy atom. The molecular weight excluding hydrogens is 334 g/mol. The van der Waals surface area contributed by atoms with Crippen LogP contribution >= 0.6 is 0 Å². The van der Waals surface area contributed by atoms with Crippen LogP contribution in [-0.4, -0.2) is 48.4 Å². The first-order chi connectivity index (χ1) is 12.8. The molecule has 0 aromatic carbocycles. The SMILES string of the molecule is O=C(Nc1cnn(CC2CCCO2)c1)c1cn(Cc2ccccn2)nn1. The summed E-state index contributed by atoms with van der Waals surface area (Å²) in [5.74, 6) is -0.325. The van der Waals surface area contributed by atoms with Crippen LogP contribution in [0.1, 0.15) is 29.0 Å². The zero-order valence-electron chi connectivity index (χ0n) is 14.2. The third-order valence-corrected chi connectivity index (χ3v) is 4.13. The number of amides is 1. The molecule has 0 radical (unpaired) electrons. The van der Waals surface area contributed by atoms with Gasteiger partial charge in [0.15, 0.2) is 5.69 Å². The van der Waals surface area contributed by atoms with Crippen LogP contribution in [0.15, 0.2) is 43.0 Å². The molecule has 1 saturated heterocycles. The molecule has 1 atom stereocenters. The van der Waals surface area contributed by atoms with E-state index in [-0.39, 0.29) is 17.7 Å². The summed E-state index contributed by atoms with van der Waals surface area (Å²) < 4.78 is 8.96. The third kappa shape index (κ3) is 3.94. The minimum absolute atomic E-state index is 0.199. The van der Waals surface area contributed by atoms with Gasteiger partial charge in [0.05, 0.1) is 43.0 Å². The number of hydrogen-bond acceptors (Lipinski definition) is 6. The van der Waals surface area contributed by atoms with E-state index in [1.807, 2.05) is 18.2 Å². The predicted octanol–water partition coefficient (Wildman–Crippen LogP) is 1.35. The molecule has 0 bridgehead atoms. The number of nitrogens with zero attached hydrogens (tertiary/aromatic N) is 6. The van der Waals surface area contributed by atoms with Crippen molar-refractivity contribution < 1.29 is 9.53 Å². The molecule has 1 aliphatic heterocycles. The van der Waals surface area contributed by atoms with Gasteiger partial charge in [-0.05, 0) is 25.0 Å². The number of aromatic nitrogens is 6. The topological polar surface area (TPSA) is 99.8 Å². The molecule has 1 amide bonds. The van der Waals surface area contributed by atoms with E-state index in [2.05, 4.69) is 25.7 Å². The van der Waals surface area contributed by atoms with Crippen LogP contribution < -0.4 is 5.32 Å². The Labute approximate surface area is 150 Å². The van der Waals surface area contributed by atoms with Gasteiger partial charge in [0.2, 0.25) is 0 Å². The van der Waals surface area contributed by atoms with Crippen LogP contribution in [0.3, 0.4) is 0 Å². The van der Waals surface area contributed by atoms with Crippen LogP contribution in [0.25, 0.3) is 0 Å². The maximum Gasteiger partial charge on any atom is 0.277 e.